The van der Waals surface area contributed by atoms with Crippen LogP contribution in [0.5, 0.6) is 5.75 Å². The first-order chi connectivity index (χ1) is 23.5. The highest BCUT2D eigenvalue weighted by Gasteiger charge is 2.42. The third kappa shape index (κ3) is 7.45. The highest BCUT2D eigenvalue weighted by Crippen LogP contribution is 2.42. The van der Waals surface area contributed by atoms with Crippen LogP contribution in [0, 0.1) is 22.9 Å². The average molecular weight is 707 g/mol. The van der Waals surface area contributed by atoms with Gasteiger partial charge in [-0.3, -0.25) is 0 Å². The third-order valence-corrected chi connectivity index (χ3v) is 24.1. The smallest absolute Gasteiger partial charge is 0.146 e. The van der Waals surface area contributed by atoms with Gasteiger partial charge in [0.2, 0.25) is 0 Å². The second-order valence-electron chi connectivity index (χ2n) is 16.2. The Hall–Kier alpha value is -3.43. The van der Waals surface area contributed by atoms with Gasteiger partial charge in [-0.2, -0.15) is 0 Å². The molecule has 3 aromatic carbocycles. The van der Waals surface area contributed by atoms with E-state index in [-0.39, 0.29) is 0 Å². The zero-order valence-corrected chi connectivity index (χ0v) is 35.2. The fraction of sp³-hybridized carbons (Fsp3) is 0.500. The summed E-state index contributed by atoms with van der Waals surface area (Å²) in [5, 5.41) is 17.2. The molecule has 1 heterocycles. The van der Waals surface area contributed by atoms with Gasteiger partial charge in [-0.05, 0) is 88.7 Å². The van der Waals surface area contributed by atoms with Crippen molar-refractivity contribution in [3.8, 4) is 28.7 Å². The molecule has 0 fully saturated rings. The Morgan fingerprint density at radius 1 is 0.600 bits per heavy atom. The van der Waals surface area contributed by atoms with Crippen molar-refractivity contribution in [2.75, 3.05) is 12.4 Å². The largest absolute Gasteiger partial charge is 0.497 e. The summed E-state index contributed by atoms with van der Waals surface area (Å²) in [7, 11) is -2.15. The molecular formula is C44H62N2O2Si2. The summed E-state index contributed by atoms with van der Waals surface area (Å²) < 4.78 is 7.75. The maximum absolute atomic E-state index is 11.3. The van der Waals surface area contributed by atoms with Crippen LogP contribution in [0.25, 0.3) is 21.8 Å². The number of aromatic nitrogens is 1. The fourth-order valence-corrected chi connectivity index (χ4v) is 19.5. The van der Waals surface area contributed by atoms with Gasteiger partial charge >= 0.3 is 0 Å². The molecule has 2 unspecified atom stereocenters. The lowest BCUT2D eigenvalue weighted by Crippen LogP contribution is -2.43. The molecule has 268 valence electrons. The first-order valence-electron chi connectivity index (χ1n) is 18.7. The number of aliphatic hydroxyl groups is 1. The van der Waals surface area contributed by atoms with E-state index in [9.17, 15) is 5.11 Å². The lowest BCUT2D eigenvalue weighted by Gasteiger charge is -2.38. The first kappa shape index (κ1) is 39.4. The molecule has 0 bridgehead atoms. The van der Waals surface area contributed by atoms with E-state index in [4.69, 9.17) is 4.74 Å². The Bertz CT molecular complexity index is 1760. The van der Waals surface area contributed by atoms with Crippen molar-refractivity contribution in [3.05, 3.63) is 71.8 Å². The van der Waals surface area contributed by atoms with E-state index in [0.29, 0.717) is 33.2 Å². The number of fused-ring (bicyclic) bond motifs is 3. The van der Waals surface area contributed by atoms with Gasteiger partial charge in [0.15, 0.2) is 0 Å². The monoisotopic (exact) mass is 706 g/mol. The van der Waals surface area contributed by atoms with Crippen LogP contribution in [0.3, 0.4) is 0 Å². The number of nitrogens with one attached hydrogen (secondary N) is 1. The van der Waals surface area contributed by atoms with Gasteiger partial charge in [0.05, 0.1) is 24.2 Å². The topological polar surface area (TPSA) is 46.4 Å². The number of hydrogen-bond donors (Lipinski definition) is 2. The summed E-state index contributed by atoms with van der Waals surface area (Å²) in [6, 6.07) is 21.1. The normalized spacial score (nSPS) is 13.7. The number of hydrogen-bond acceptors (Lipinski definition) is 3. The summed E-state index contributed by atoms with van der Waals surface area (Å²) in [6.45, 7) is 30.2. The number of benzene rings is 3. The van der Waals surface area contributed by atoms with E-state index >= 15 is 0 Å². The fourth-order valence-electron chi connectivity index (χ4n) is 9.02. The molecule has 6 heteroatoms. The predicted octanol–water partition coefficient (Wildman–Crippen LogP) is 11.9. The Morgan fingerprint density at radius 3 is 1.38 bits per heavy atom. The third-order valence-electron chi connectivity index (χ3n) is 11.5. The van der Waals surface area contributed by atoms with Crippen LogP contribution in [-0.4, -0.2) is 39.0 Å². The van der Waals surface area contributed by atoms with E-state index in [1.165, 1.54) is 0 Å². The number of anilines is 1. The molecule has 4 aromatic rings. The zero-order chi connectivity index (χ0) is 37.1. The molecule has 0 aliphatic heterocycles. The molecule has 4 nitrogen and oxygen atoms in total. The molecule has 4 rings (SSSR count). The van der Waals surface area contributed by atoms with Gasteiger partial charge < -0.3 is 19.7 Å². The SMILES string of the molecule is COc1cccc(NC(C(C)O)n2c3ccc(C#C[Si](C(C)C)(C(C)C)C(C)C)cc3c3cc(C#C[Si](C(C)C)(C(C)C)C(C)C)ccc32)c1. The Morgan fingerprint density at radius 2 is 1.02 bits per heavy atom. The number of rotatable bonds is 11. The van der Waals surface area contributed by atoms with Gasteiger partial charge in [0, 0.05) is 33.7 Å². The van der Waals surface area contributed by atoms with E-state index in [1.54, 1.807) is 7.11 Å². The molecule has 0 aliphatic carbocycles. The molecule has 0 saturated carbocycles. The summed E-state index contributed by atoms with van der Waals surface area (Å²) in [6.07, 6.45) is -1.12. The van der Waals surface area contributed by atoms with Gasteiger partial charge in [0.1, 0.15) is 28.1 Å². The molecule has 1 aromatic heterocycles. The number of aliphatic hydroxyl groups excluding tert-OH is 1. The number of methoxy groups -OCH3 is 1. The molecule has 0 amide bonds. The maximum Gasteiger partial charge on any atom is 0.146 e. The lowest BCUT2D eigenvalue weighted by molar-refractivity contribution is 0.147. The van der Waals surface area contributed by atoms with Gasteiger partial charge in [-0.1, -0.05) is 101 Å². The average Bonchev–Trinajstić information content (AvgIpc) is 3.35. The maximum atomic E-state index is 11.3. The number of ether oxygens (including phenoxy) is 1. The predicted molar refractivity (Wildman–Crippen MR) is 223 cm³/mol. The van der Waals surface area contributed by atoms with Crippen LogP contribution in [0.4, 0.5) is 5.69 Å². The second-order valence-corrected chi connectivity index (χ2v) is 27.4. The number of nitrogens with zero attached hydrogens (tertiary/aromatic N) is 1. The Labute approximate surface area is 305 Å². The molecule has 0 saturated heterocycles. The van der Waals surface area contributed by atoms with E-state index in [0.717, 1.165) is 44.4 Å². The summed E-state index contributed by atoms with van der Waals surface area (Å²) >= 11 is 0. The summed E-state index contributed by atoms with van der Waals surface area (Å²) in [5.41, 5.74) is 16.3. The highest BCUT2D eigenvalue weighted by atomic mass is 28.3. The van der Waals surface area contributed by atoms with Crippen LogP contribution >= 0.6 is 0 Å². The van der Waals surface area contributed by atoms with Crippen LogP contribution in [0.2, 0.25) is 33.2 Å². The molecule has 0 radical (unpaired) electrons. The molecular weight excluding hydrogens is 645 g/mol. The van der Waals surface area contributed by atoms with Crippen molar-refractivity contribution in [1.82, 2.24) is 4.57 Å². The summed E-state index contributed by atoms with van der Waals surface area (Å²) in [5.74, 6) is 8.16. The van der Waals surface area contributed by atoms with Crippen molar-refractivity contribution >= 4 is 43.6 Å². The standard InChI is InChI=1S/C44H62N2O2Si2/c1-29(2)49(30(3)4,31(5)6)24-22-36-18-20-42-40(26-36)41-27-37(23-25-50(32(7)8,33(9)10)34(11)12)19-21-43(41)46(42)44(35(13)47)45-38-16-15-17-39(28-38)48-14/h15-21,26-35,44-45,47H,1-14H3. The molecule has 2 atom stereocenters. The van der Waals surface area contributed by atoms with Crippen LogP contribution in [0.1, 0.15) is 107 Å². The Kier molecular flexibility index (Phi) is 12.5. The Balaban J connectivity index is 2.01. The minimum atomic E-state index is -1.91. The van der Waals surface area contributed by atoms with Crippen molar-refractivity contribution in [1.29, 1.82) is 0 Å². The molecule has 0 spiro atoms. The van der Waals surface area contributed by atoms with Crippen molar-refractivity contribution in [2.24, 2.45) is 0 Å². The first-order valence-corrected chi connectivity index (χ1v) is 23.2. The quantitative estimate of drug-likeness (QED) is 0.121. The van der Waals surface area contributed by atoms with Crippen molar-refractivity contribution < 1.29 is 9.84 Å². The van der Waals surface area contributed by atoms with E-state index < -0.39 is 28.4 Å². The van der Waals surface area contributed by atoms with E-state index in [2.05, 4.69) is 152 Å². The van der Waals surface area contributed by atoms with Crippen molar-refractivity contribution in [2.45, 2.75) is 136 Å². The van der Waals surface area contributed by atoms with E-state index in [1.807, 2.05) is 31.2 Å². The minimum absolute atomic E-state index is 0.429. The lowest BCUT2D eigenvalue weighted by atomic mass is 10.1. The highest BCUT2D eigenvalue weighted by molar-refractivity contribution is 6.91. The van der Waals surface area contributed by atoms with Crippen LogP contribution in [-0.2, 0) is 0 Å². The van der Waals surface area contributed by atoms with Gasteiger partial charge in [-0.15, -0.1) is 11.1 Å². The molecule has 50 heavy (non-hydrogen) atoms. The molecule has 0 aliphatic rings. The van der Waals surface area contributed by atoms with Gasteiger partial charge in [0.25, 0.3) is 0 Å². The minimum Gasteiger partial charge on any atom is -0.497 e. The van der Waals surface area contributed by atoms with Gasteiger partial charge in [-0.25, -0.2) is 0 Å². The van der Waals surface area contributed by atoms with Crippen LogP contribution < -0.4 is 10.1 Å². The molecule has 2 N–H and O–H groups in total. The second kappa shape index (κ2) is 15.9. The van der Waals surface area contributed by atoms with Crippen molar-refractivity contribution in [3.63, 3.8) is 0 Å². The zero-order valence-electron chi connectivity index (χ0n) is 33.2. The summed E-state index contributed by atoms with van der Waals surface area (Å²) in [4.78, 5) is 0. The van der Waals surface area contributed by atoms with Crippen LogP contribution in [0.15, 0.2) is 60.7 Å².